The first-order chi connectivity index (χ1) is 11.0. The lowest BCUT2D eigenvalue weighted by Gasteiger charge is -2.13. The van der Waals surface area contributed by atoms with Gasteiger partial charge in [0.1, 0.15) is 5.82 Å². The van der Waals surface area contributed by atoms with Crippen molar-refractivity contribution in [1.29, 1.82) is 0 Å². The summed E-state index contributed by atoms with van der Waals surface area (Å²) < 4.78 is 13.1. The predicted octanol–water partition coefficient (Wildman–Crippen LogP) is 4.86. The lowest BCUT2D eigenvalue weighted by atomic mass is 9.96. The second kappa shape index (κ2) is 5.80. The number of carbonyl (C=O) groups is 1. The van der Waals surface area contributed by atoms with E-state index in [-0.39, 0.29) is 17.3 Å². The van der Waals surface area contributed by atoms with Crippen LogP contribution in [0.4, 0.5) is 4.39 Å². The Labute approximate surface area is 133 Å². The molecular weight excluding hydrogens is 293 g/mol. The van der Waals surface area contributed by atoms with E-state index in [4.69, 9.17) is 0 Å². The molecule has 0 aliphatic rings. The Bertz CT molecular complexity index is 886. The molecule has 2 aromatic carbocycles. The lowest BCUT2D eigenvalue weighted by molar-refractivity contribution is 0.0699. The van der Waals surface area contributed by atoms with Crippen LogP contribution >= 0.6 is 0 Å². The summed E-state index contributed by atoms with van der Waals surface area (Å²) in [7, 11) is 0. The quantitative estimate of drug-likeness (QED) is 0.751. The standard InChI is InChI=1S/C19H16FNO2/c1-11(2)14-4-3-5-15-16(19(22)23)10-17(21-18(14)15)12-6-8-13(20)9-7-12/h3-11H,1-2H3,(H,22,23). The first-order valence-corrected chi connectivity index (χ1v) is 7.40. The van der Waals surface area contributed by atoms with Gasteiger partial charge in [-0.1, -0.05) is 32.0 Å². The van der Waals surface area contributed by atoms with E-state index in [0.717, 1.165) is 5.56 Å². The largest absolute Gasteiger partial charge is 0.478 e. The maximum Gasteiger partial charge on any atom is 0.336 e. The third kappa shape index (κ3) is 2.80. The lowest BCUT2D eigenvalue weighted by Crippen LogP contribution is -2.02. The van der Waals surface area contributed by atoms with Crippen molar-refractivity contribution in [2.75, 3.05) is 0 Å². The van der Waals surface area contributed by atoms with Crippen molar-refractivity contribution in [3.63, 3.8) is 0 Å². The maximum absolute atomic E-state index is 13.1. The molecule has 0 spiro atoms. The molecule has 0 fully saturated rings. The van der Waals surface area contributed by atoms with Gasteiger partial charge in [-0.2, -0.15) is 0 Å². The van der Waals surface area contributed by atoms with Crippen LogP contribution in [0.5, 0.6) is 0 Å². The highest BCUT2D eigenvalue weighted by atomic mass is 19.1. The topological polar surface area (TPSA) is 50.2 Å². The van der Waals surface area contributed by atoms with Crippen molar-refractivity contribution in [2.24, 2.45) is 0 Å². The van der Waals surface area contributed by atoms with E-state index in [9.17, 15) is 14.3 Å². The summed E-state index contributed by atoms with van der Waals surface area (Å²) in [5, 5.41) is 10.2. The summed E-state index contributed by atoms with van der Waals surface area (Å²) in [6.07, 6.45) is 0. The number of aromatic carboxylic acids is 1. The summed E-state index contributed by atoms with van der Waals surface area (Å²) in [6.45, 7) is 4.09. The van der Waals surface area contributed by atoms with Crippen LogP contribution in [0.2, 0.25) is 0 Å². The Morgan fingerprint density at radius 3 is 2.43 bits per heavy atom. The van der Waals surface area contributed by atoms with E-state index in [1.165, 1.54) is 12.1 Å². The highest BCUT2D eigenvalue weighted by Gasteiger charge is 2.16. The number of pyridine rings is 1. The molecule has 0 aliphatic carbocycles. The summed E-state index contributed by atoms with van der Waals surface area (Å²) in [6, 6.07) is 13.0. The van der Waals surface area contributed by atoms with Crippen LogP contribution in [-0.2, 0) is 0 Å². The first-order valence-electron chi connectivity index (χ1n) is 7.40. The molecule has 0 radical (unpaired) electrons. The molecule has 4 heteroatoms. The maximum atomic E-state index is 13.1. The van der Waals surface area contributed by atoms with Gasteiger partial charge in [0, 0.05) is 10.9 Å². The SMILES string of the molecule is CC(C)c1cccc2c(C(=O)O)cc(-c3ccc(F)cc3)nc12. The fraction of sp³-hybridized carbons (Fsp3) is 0.158. The molecule has 3 nitrogen and oxygen atoms in total. The Balaban J connectivity index is 2.34. The Kier molecular flexibility index (Phi) is 3.82. The average Bonchev–Trinajstić information content (AvgIpc) is 2.53. The number of carboxylic acid groups (broad SMARTS) is 1. The van der Waals surface area contributed by atoms with Gasteiger partial charge < -0.3 is 5.11 Å². The van der Waals surface area contributed by atoms with Crippen LogP contribution in [0, 0.1) is 5.82 Å². The molecule has 116 valence electrons. The van der Waals surface area contributed by atoms with Crippen molar-refractivity contribution in [3.8, 4) is 11.3 Å². The molecule has 0 atom stereocenters. The molecule has 0 bridgehead atoms. The van der Waals surface area contributed by atoms with Gasteiger partial charge in [0.15, 0.2) is 0 Å². The van der Waals surface area contributed by atoms with E-state index in [2.05, 4.69) is 4.98 Å². The molecule has 0 saturated heterocycles. The van der Waals surface area contributed by atoms with Crippen LogP contribution in [0.25, 0.3) is 22.2 Å². The van der Waals surface area contributed by atoms with Crippen LogP contribution in [0.15, 0.2) is 48.5 Å². The molecule has 0 amide bonds. The average molecular weight is 309 g/mol. The van der Waals surface area contributed by atoms with Crippen LogP contribution in [0.3, 0.4) is 0 Å². The Hall–Kier alpha value is -2.75. The zero-order valence-electron chi connectivity index (χ0n) is 12.9. The number of fused-ring (bicyclic) bond motifs is 1. The Morgan fingerprint density at radius 1 is 1.13 bits per heavy atom. The summed E-state index contributed by atoms with van der Waals surface area (Å²) in [5.41, 5.74) is 3.10. The zero-order valence-corrected chi connectivity index (χ0v) is 12.9. The number of aromatic nitrogens is 1. The van der Waals surface area contributed by atoms with E-state index in [1.807, 2.05) is 26.0 Å². The summed E-state index contributed by atoms with van der Waals surface area (Å²) in [5.74, 6) is -1.12. The van der Waals surface area contributed by atoms with Crippen LogP contribution < -0.4 is 0 Å². The molecule has 3 rings (SSSR count). The molecular formula is C19H16FNO2. The van der Waals surface area contributed by atoms with Crippen molar-refractivity contribution < 1.29 is 14.3 Å². The van der Waals surface area contributed by atoms with Gasteiger partial charge in [-0.3, -0.25) is 0 Å². The second-order valence-electron chi connectivity index (χ2n) is 5.77. The van der Waals surface area contributed by atoms with Crippen molar-refractivity contribution in [2.45, 2.75) is 19.8 Å². The number of halogens is 1. The van der Waals surface area contributed by atoms with Gasteiger partial charge in [0.2, 0.25) is 0 Å². The van der Waals surface area contributed by atoms with Gasteiger partial charge >= 0.3 is 5.97 Å². The summed E-state index contributed by atoms with van der Waals surface area (Å²) >= 11 is 0. The monoisotopic (exact) mass is 309 g/mol. The fourth-order valence-corrected chi connectivity index (χ4v) is 2.68. The van der Waals surface area contributed by atoms with Gasteiger partial charge in [0.05, 0.1) is 16.8 Å². The number of hydrogen-bond acceptors (Lipinski definition) is 2. The van der Waals surface area contributed by atoms with Crippen LogP contribution in [0.1, 0.15) is 35.7 Å². The number of hydrogen-bond donors (Lipinski definition) is 1. The van der Waals surface area contributed by atoms with E-state index < -0.39 is 5.97 Å². The molecule has 0 unspecified atom stereocenters. The second-order valence-corrected chi connectivity index (χ2v) is 5.77. The van der Waals surface area contributed by atoms with Gasteiger partial charge in [0.25, 0.3) is 0 Å². The molecule has 3 aromatic rings. The smallest absolute Gasteiger partial charge is 0.336 e. The molecule has 23 heavy (non-hydrogen) atoms. The fourth-order valence-electron chi connectivity index (χ4n) is 2.68. The zero-order chi connectivity index (χ0) is 16.6. The van der Waals surface area contributed by atoms with Crippen LogP contribution in [-0.4, -0.2) is 16.1 Å². The molecule has 0 saturated carbocycles. The van der Waals surface area contributed by atoms with Gasteiger partial charge in [-0.05, 0) is 41.8 Å². The minimum Gasteiger partial charge on any atom is -0.478 e. The number of carboxylic acids is 1. The Morgan fingerprint density at radius 2 is 1.83 bits per heavy atom. The number of benzene rings is 2. The highest BCUT2D eigenvalue weighted by Crippen LogP contribution is 2.30. The van der Waals surface area contributed by atoms with E-state index in [1.54, 1.807) is 24.3 Å². The third-order valence-corrected chi connectivity index (χ3v) is 3.86. The number of nitrogens with zero attached hydrogens (tertiary/aromatic N) is 1. The predicted molar refractivity (Wildman–Crippen MR) is 88.2 cm³/mol. The number of para-hydroxylation sites is 1. The third-order valence-electron chi connectivity index (χ3n) is 3.86. The minimum absolute atomic E-state index is 0.205. The summed E-state index contributed by atoms with van der Waals surface area (Å²) in [4.78, 5) is 16.3. The van der Waals surface area contributed by atoms with E-state index in [0.29, 0.717) is 22.2 Å². The van der Waals surface area contributed by atoms with Crippen molar-refractivity contribution in [3.05, 3.63) is 65.5 Å². The molecule has 1 heterocycles. The normalized spacial score (nSPS) is 11.1. The molecule has 0 aliphatic heterocycles. The van der Waals surface area contributed by atoms with Gasteiger partial charge in [-0.15, -0.1) is 0 Å². The van der Waals surface area contributed by atoms with E-state index >= 15 is 0 Å². The number of rotatable bonds is 3. The first kappa shape index (κ1) is 15.2. The molecule has 1 aromatic heterocycles. The van der Waals surface area contributed by atoms with Crippen molar-refractivity contribution in [1.82, 2.24) is 4.98 Å². The van der Waals surface area contributed by atoms with Crippen molar-refractivity contribution >= 4 is 16.9 Å². The van der Waals surface area contributed by atoms with Gasteiger partial charge in [-0.25, -0.2) is 14.2 Å². The highest BCUT2D eigenvalue weighted by molar-refractivity contribution is 6.04. The minimum atomic E-state index is -0.998. The molecule has 1 N–H and O–H groups in total.